The molecule has 1 aromatic carbocycles. The minimum atomic E-state index is -3.81. The van der Waals surface area contributed by atoms with Crippen LogP contribution in [0.15, 0.2) is 47.6 Å². The summed E-state index contributed by atoms with van der Waals surface area (Å²) in [7, 11) is -2.40. The molecule has 1 saturated heterocycles. The Hall–Kier alpha value is -2.45. The molecule has 0 unspecified atom stereocenters. The molecule has 1 amide bonds. The molecule has 0 radical (unpaired) electrons. The van der Waals surface area contributed by atoms with Crippen molar-refractivity contribution in [3.63, 3.8) is 0 Å². The summed E-state index contributed by atoms with van der Waals surface area (Å²) in [6.07, 6.45) is 4.47. The molecular formula is C17H19N3O4S. The fraction of sp³-hybridized carbons (Fsp3) is 0.294. The van der Waals surface area contributed by atoms with E-state index in [2.05, 4.69) is 9.71 Å². The number of carbonyl (C=O) groups excluding carboxylic acids is 1. The highest BCUT2D eigenvalue weighted by atomic mass is 32.2. The van der Waals surface area contributed by atoms with Gasteiger partial charge >= 0.3 is 0 Å². The number of nitrogens with zero attached hydrogens (tertiary/aromatic N) is 2. The molecule has 1 fully saturated rings. The molecule has 0 saturated carbocycles. The molecule has 0 aliphatic carbocycles. The smallest absolute Gasteiger partial charge is 0.244 e. The van der Waals surface area contributed by atoms with Crippen LogP contribution in [0.5, 0.6) is 5.75 Å². The van der Waals surface area contributed by atoms with Gasteiger partial charge in [-0.05, 0) is 36.2 Å². The van der Waals surface area contributed by atoms with Gasteiger partial charge in [0, 0.05) is 37.6 Å². The van der Waals surface area contributed by atoms with Crippen molar-refractivity contribution < 1.29 is 17.9 Å². The first-order valence-electron chi connectivity index (χ1n) is 7.88. The first-order chi connectivity index (χ1) is 12.0. The molecule has 3 rings (SSSR count). The van der Waals surface area contributed by atoms with Crippen molar-refractivity contribution in [2.75, 3.05) is 18.6 Å². The Morgan fingerprint density at radius 2 is 2.16 bits per heavy atom. The van der Waals surface area contributed by atoms with Crippen molar-refractivity contribution in [2.45, 2.75) is 24.3 Å². The second-order valence-corrected chi connectivity index (χ2v) is 7.41. The molecule has 2 aromatic rings. The predicted octanol–water partition coefficient (Wildman–Crippen LogP) is 1.70. The minimum Gasteiger partial charge on any atom is -0.495 e. The van der Waals surface area contributed by atoms with Crippen LogP contribution < -0.4 is 14.4 Å². The molecule has 1 aromatic heterocycles. The van der Waals surface area contributed by atoms with Crippen molar-refractivity contribution in [1.82, 2.24) is 9.71 Å². The number of ether oxygens (including phenoxy) is 1. The Labute approximate surface area is 146 Å². The van der Waals surface area contributed by atoms with E-state index in [1.807, 2.05) is 0 Å². The van der Waals surface area contributed by atoms with E-state index in [9.17, 15) is 13.2 Å². The van der Waals surface area contributed by atoms with E-state index < -0.39 is 10.0 Å². The molecule has 132 valence electrons. The van der Waals surface area contributed by atoms with Crippen molar-refractivity contribution in [2.24, 2.45) is 0 Å². The van der Waals surface area contributed by atoms with E-state index in [-0.39, 0.29) is 23.1 Å². The third-order valence-electron chi connectivity index (χ3n) is 4.01. The Kier molecular flexibility index (Phi) is 5.00. The third kappa shape index (κ3) is 3.80. The Morgan fingerprint density at radius 3 is 2.80 bits per heavy atom. The lowest BCUT2D eigenvalue weighted by Gasteiger charge is -2.18. The summed E-state index contributed by atoms with van der Waals surface area (Å²) in [4.78, 5) is 17.5. The SMILES string of the molecule is COc1ccc(N2CCCC2=O)cc1S(=O)(=O)NCc1cccnc1. The number of hydrogen-bond acceptors (Lipinski definition) is 5. The number of aromatic nitrogens is 1. The standard InChI is InChI=1S/C17H19N3O4S/c1-24-15-7-6-14(20-9-3-5-17(20)21)10-16(15)25(22,23)19-12-13-4-2-8-18-11-13/h2,4,6-8,10-11,19H,3,5,9,12H2,1H3. The zero-order valence-corrected chi connectivity index (χ0v) is 14.6. The van der Waals surface area contributed by atoms with E-state index in [0.29, 0.717) is 18.7 Å². The zero-order valence-electron chi connectivity index (χ0n) is 13.8. The van der Waals surface area contributed by atoms with Gasteiger partial charge in [0.15, 0.2) is 0 Å². The van der Waals surface area contributed by atoms with Crippen LogP contribution >= 0.6 is 0 Å². The number of nitrogens with one attached hydrogen (secondary N) is 1. The average Bonchev–Trinajstić information content (AvgIpc) is 3.06. The van der Waals surface area contributed by atoms with E-state index in [0.717, 1.165) is 12.0 Å². The summed E-state index contributed by atoms with van der Waals surface area (Å²) in [5, 5.41) is 0. The zero-order chi connectivity index (χ0) is 17.9. The van der Waals surface area contributed by atoms with Crippen LogP contribution in [0.1, 0.15) is 18.4 Å². The number of anilines is 1. The highest BCUT2D eigenvalue weighted by Crippen LogP contribution is 2.30. The van der Waals surface area contributed by atoms with Crippen molar-refractivity contribution in [1.29, 1.82) is 0 Å². The van der Waals surface area contributed by atoms with Gasteiger partial charge in [-0.15, -0.1) is 0 Å². The number of amides is 1. The molecule has 0 spiro atoms. The van der Waals surface area contributed by atoms with E-state index in [4.69, 9.17) is 4.74 Å². The summed E-state index contributed by atoms with van der Waals surface area (Å²) in [6, 6.07) is 8.27. The highest BCUT2D eigenvalue weighted by molar-refractivity contribution is 7.89. The number of sulfonamides is 1. The topological polar surface area (TPSA) is 88.6 Å². The van der Waals surface area contributed by atoms with Gasteiger partial charge in [0.25, 0.3) is 0 Å². The van der Waals surface area contributed by atoms with Crippen molar-refractivity contribution >= 4 is 21.6 Å². The summed E-state index contributed by atoms with van der Waals surface area (Å²) in [5.41, 5.74) is 1.31. The van der Waals surface area contributed by atoms with Crippen LogP contribution in [0.4, 0.5) is 5.69 Å². The number of hydrogen-bond donors (Lipinski definition) is 1. The summed E-state index contributed by atoms with van der Waals surface area (Å²) >= 11 is 0. The lowest BCUT2D eigenvalue weighted by Crippen LogP contribution is -2.26. The summed E-state index contributed by atoms with van der Waals surface area (Å²) in [6.45, 7) is 0.708. The predicted molar refractivity (Wildman–Crippen MR) is 92.8 cm³/mol. The van der Waals surface area contributed by atoms with Crippen molar-refractivity contribution in [3.8, 4) is 5.75 Å². The van der Waals surface area contributed by atoms with Crippen LogP contribution in [0.2, 0.25) is 0 Å². The van der Waals surface area contributed by atoms with Gasteiger partial charge in [-0.3, -0.25) is 9.78 Å². The Morgan fingerprint density at radius 1 is 1.32 bits per heavy atom. The van der Waals surface area contributed by atoms with Crippen LogP contribution in [0, 0.1) is 0 Å². The number of pyridine rings is 1. The van der Waals surface area contributed by atoms with Gasteiger partial charge in [0.1, 0.15) is 10.6 Å². The lowest BCUT2D eigenvalue weighted by molar-refractivity contribution is -0.117. The molecule has 0 bridgehead atoms. The van der Waals surface area contributed by atoms with E-state index in [1.165, 1.54) is 13.2 Å². The molecule has 7 nitrogen and oxygen atoms in total. The molecule has 2 heterocycles. The van der Waals surface area contributed by atoms with Crippen molar-refractivity contribution in [3.05, 3.63) is 48.3 Å². The molecule has 1 aliphatic rings. The van der Waals surface area contributed by atoms with Crippen LogP contribution in [0.25, 0.3) is 0 Å². The fourth-order valence-corrected chi connectivity index (χ4v) is 3.93. The van der Waals surface area contributed by atoms with Gasteiger partial charge in [-0.2, -0.15) is 0 Å². The second-order valence-electron chi connectivity index (χ2n) is 5.67. The number of benzene rings is 1. The quantitative estimate of drug-likeness (QED) is 0.846. The molecule has 0 atom stereocenters. The molecule has 1 aliphatic heterocycles. The average molecular weight is 361 g/mol. The molecular weight excluding hydrogens is 342 g/mol. The van der Waals surface area contributed by atoms with Crippen LogP contribution in [-0.2, 0) is 21.4 Å². The number of rotatable bonds is 6. The van der Waals surface area contributed by atoms with E-state index in [1.54, 1.807) is 41.6 Å². The molecule has 1 N–H and O–H groups in total. The maximum atomic E-state index is 12.7. The monoisotopic (exact) mass is 361 g/mol. The molecule has 8 heteroatoms. The molecule has 25 heavy (non-hydrogen) atoms. The Balaban J connectivity index is 1.89. The van der Waals surface area contributed by atoms with Gasteiger partial charge in [-0.25, -0.2) is 13.1 Å². The first kappa shape index (κ1) is 17.4. The largest absolute Gasteiger partial charge is 0.495 e. The lowest BCUT2D eigenvalue weighted by atomic mass is 10.3. The minimum absolute atomic E-state index is 0.00293. The number of methoxy groups -OCH3 is 1. The van der Waals surface area contributed by atoms with Gasteiger partial charge in [0.05, 0.1) is 7.11 Å². The third-order valence-corrected chi connectivity index (χ3v) is 5.43. The van der Waals surface area contributed by atoms with Gasteiger partial charge < -0.3 is 9.64 Å². The van der Waals surface area contributed by atoms with Crippen LogP contribution in [-0.4, -0.2) is 33.0 Å². The first-order valence-corrected chi connectivity index (χ1v) is 9.36. The highest BCUT2D eigenvalue weighted by Gasteiger charge is 2.25. The maximum absolute atomic E-state index is 12.7. The normalized spacial score (nSPS) is 14.8. The van der Waals surface area contributed by atoms with Gasteiger partial charge in [-0.1, -0.05) is 6.07 Å². The summed E-state index contributed by atoms with van der Waals surface area (Å²) in [5.74, 6) is 0.228. The van der Waals surface area contributed by atoms with Crippen LogP contribution in [0.3, 0.4) is 0 Å². The fourth-order valence-electron chi connectivity index (χ4n) is 2.72. The second kappa shape index (κ2) is 7.20. The summed E-state index contributed by atoms with van der Waals surface area (Å²) < 4.78 is 33.2. The maximum Gasteiger partial charge on any atom is 0.244 e. The number of carbonyl (C=O) groups is 1. The van der Waals surface area contributed by atoms with Gasteiger partial charge in [0.2, 0.25) is 15.9 Å². The van der Waals surface area contributed by atoms with E-state index >= 15 is 0 Å². The Bertz CT molecular complexity index is 869.